The number of carbonyl (C=O) groups excluding carboxylic acids is 1. The molecule has 4 heterocycles. The molecule has 1 amide bonds. The fourth-order valence-corrected chi connectivity index (χ4v) is 5.19. The van der Waals surface area contributed by atoms with Crippen molar-refractivity contribution in [3.05, 3.63) is 52.3 Å². The molecule has 1 saturated heterocycles. The van der Waals surface area contributed by atoms with Gasteiger partial charge in [-0.3, -0.25) is 9.78 Å². The van der Waals surface area contributed by atoms with Gasteiger partial charge in [0.1, 0.15) is 5.82 Å². The van der Waals surface area contributed by atoms with E-state index in [1.54, 1.807) is 0 Å². The van der Waals surface area contributed by atoms with Crippen LogP contribution in [-0.2, 0) is 17.8 Å². The van der Waals surface area contributed by atoms with Crippen LogP contribution in [0.5, 0.6) is 0 Å². The molecule has 28 heavy (non-hydrogen) atoms. The second-order valence-corrected chi connectivity index (χ2v) is 8.79. The number of para-hydroxylation sites is 2. The van der Waals surface area contributed by atoms with Crippen LogP contribution in [0, 0.1) is 5.92 Å². The molecular formula is C22H24N4OS. The van der Waals surface area contributed by atoms with Gasteiger partial charge in [-0.25, -0.2) is 4.98 Å². The summed E-state index contributed by atoms with van der Waals surface area (Å²) < 4.78 is 0. The largest absolute Gasteiger partial charge is 0.355 e. The van der Waals surface area contributed by atoms with Gasteiger partial charge < -0.3 is 9.80 Å². The molecule has 0 aliphatic carbocycles. The molecule has 0 unspecified atom stereocenters. The number of hydrogen-bond acceptors (Lipinski definition) is 5. The predicted molar refractivity (Wildman–Crippen MR) is 113 cm³/mol. The molecule has 2 aliphatic rings. The van der Waals surface area contributed by atoms with Crippen LogP contribution >= 0.6 is 11.3 Å². The van der Waals surface area contributed by atoms with E-state index in [1.807, 2.05) is 41.8 Å². The van der Waals surface area contributed by atoms with Crippen LogP contribution in [0.4, 0.5) is 5.82 Å². The van der Waals surface area contributed by atoms with Crippen molar-refractivity contribution in [3.8, 4) is 0 Å². The smallest absolute Gasteiger partial charge is 0.223 e. The SMILES string of the molecule is O=C(CC1CCN(c2cnc3ccccc3n2)CC1)N1CCc2sccc2C1. The summed E-state index contributed by atoms with van der Waals surface area (Å²) in [6.07, 6.45) is 5.64. The molecule has 1 aromatic carbocycles. The summed E-state index contributed by atoms with van der Waals surface area (Å²) in [7, 11) is 0. The van der Waals surface area contributed by atoms with Gasteiger partial charge in [-0.05, 0) is 54.3 Å². The number of rotatable bonds is 3. The van der Waals surface area contributed by atoms with Crippen molar-refractivity contribution in [1.29, 1.82) is 0 Å². The molecule has 2 aliphatic heterocycles. The van der Waals surface area contributed by atoms with Crippen LogP contribution < -0.4 is 4.90 Å². The Morgan fingerprint density at radius 2 is 1.93 bits per heavy atom. The summed E-state index contributed by atoms with van der Waals surface area (Å²) in [4.78, 5) is 27.9. The molecule has 144 valence electrons. The lowest BCUT2D eigenvalue weighted by atomic mass is 9.92. The molecule has 5 nitrogen and oxygen atoms in total. The first kappa shape index (κ1) is 17.6. The minimum absolute atomic E-state index is 0.320. The first-order valence-corrected chi connectivity index (χ1v) is 10.9. The Morgan fingerprint density at radius 3 is 2.79 bits per heavy atom. The zero-order chi connectivity index (χ0) is 18.9. The van der Waals surface area contributed by atoms with Crippen molar-refractivity contribution >= 4 is 34.1 Å². The molecule has 0 spiro atoms. The van der Waals surface area contributed by atoms with E-state index in [2.05, 4.69) is 26.2 Å². The number of anilines is 1. The van der Waals surface area contributed by atoms with Gasteiger partial charge in [0.25, 0.3) is 0 Å². The number of nitrogens with zero attached hydrogens (tertiary/aromatic N) is 4. The molecule has 5 rings (SSSR count). The van der Waals surface area contributed by atoms with Crippen molar-refractivity contribution in [3.63, 3.8) is 0 Å². The van der Waals surface area contributed by atoms with Gasteiger partial charge in [-0.2, -0.15) is 0 Å². The maximum absolute atomic E-state index is 12.8. The van der Waals surface area contributed by atoms with Gasteiger partial charge in [0.05, 0.1) is 17.2 Å². The highest BCUT2D eigenvalue weighted by Gasteiger charge is 2.27. The minimum Gasteiger partial charge on any atom is -0.355 e. The number of fused-ring (bicyclic) bond motifs is 2. The zero-order valence-corrected chi connectivity index (χ0v) is 16.7. The summed E-state index contributed by atoms with van der Waals surface area (Å²) >= 11 is 1.82. The van der Waals surface area contributed by atoms with Crippen molar-refractivity contribution in [2.45, 2.75) is 32.2 Å². The van der Waals surface area contributed by atoms with Crippen LogP contribution in [0.3, 0.4) is 0 Å². The quantitative estimate of drug-likeness (QED) is 0.679. The Bertz CT molecular complexity index is 993. The van der Waals surface area contributed by atoms with Crippen LogP contribution in [0.1, 0.15) is 29.7 Å². The number of benzene rings is 1. The van der Waals surface area contributed by atoms with E-state index in [0.29, 0.717) is 18.2 Å². The first-order chi connectivity index (χ1) is 13.8. The lowest BCUT2D eigenvalue weighted by Gasteiger charge is -2.34. The number of carbonyl (C=O) groups is 1. The van der Waals surface area contributed by atoms with Crippen molar-refractivity contribution < 1.29 is 4.79 Å². The molecule has 0 saturated carbocycles. The highest BCUT2D eigenvalue weighted by Crippen LogP contribution is 2.28. The topological polar surface area (TPSA) is 49.3 Å². The average Bonchev–Trinajstić information content (AvgIpc) is 3.22. The predicted octanol–water partition coefficient (Wildman–Crippen LogP) is 3.88. The maximum atomic E-state index is 12.8. The van der Waals surface area contributed by atoms with Gasteiger partial charge >= 0.3 is 0 Å². The van der Waals surface area contributed by atoms with Crippen molar-refractivity contribution in [2.24, 2.45) is 5.92 Å². The van der Waals surface area contributed by atoms with Gasteiger partial charge in [-0.15, -0.1) is 11.3 Å². The fourth-order valence-electron chi connectivity index (χ4n) is 4.30. The minimum atomic E-state index is 0.320. The van der Waals surface area contributed by atoms with E-state index < -0.39 is 0 Å². The normalized spacial score (nSPS) is 17.7. The number of aromatic nitrogens is 2. The number of thiophene rings is 1. The van der Waals surface area contributed by atoms with Gasteiger partial charge in [0.15, 0.2) is 0 Å². The van der Waals surface area contributed by atoms with Crippen molar-refractivity contribution in [1.82, 2.24) is 14.9 Å². The Hall–Kier alpha value is -2.47. The number of piperidine rings is 1. The molecule has 3 aromatic rings. The summed E-state index contributed by atoms with van der Waals surface area (Å²) in [5, 5.41) is 2.14. The number of amides is 1. The van der Waals surface area contributed by atoms with E-state index in [9.17, 15) is 4.79 Å². The highest BCUT2D eigenvalue weighted by molar-refractivity contribution is 7.10. The summed E-state index contributed by atoms with van der Waals surface area (Å²) in [6.45, 7) is 3.56. The lowest BCUT2D eigenvalue weighted by molar-refractivity contribution is -0.133. The van der Waals surface area contributed by atoms with E-state index in [4.69, 9.17) is 4.98 Å². The molecule has 0 bridgehead atoms. The Labute approximate surface area is 169 Å². The third-order valence-corrected chi connectivity index (χ3v) is 7.02. The maximum Gasteiger partial charge on any atom is 0.223 e. The highest BCUT2D eigenvalue weighted by atomic mass is 32.1. The Balaban J connectivity index is 1.17. The molecule has 2 aromatic heterocycles. The summed E-state index contributed by atoms with van der Waals surface area (Å²) in [5.74, 6) is 1.74. The van der Waals surface area contributed by atoms with Gasteiger partial charge in [0.2, 0.25) is 5.91 Å². The van der Waals surface area contributed by atoms with Crippen molar-refractivity contribution in [2.75, 3.05) is 24.5 Å². The van der Waals surface area contributed by atoms with Gasteiger partial charge in [-0.1, -0.05) is 12.1 Å². The molecule has 1 fully saturated rings. The third-order valence-electron chi connectivity index (χ3n) is 6.00. The molecule has 6 heteroatoms. The van der Waals surface area contributed by atoms with E-state index in [1.165, 1.54) is 10.4 Å². The molecule has 0 atom stereocenters. The molecular weight excluding hydrogens is 368 g/mol. The Morgan fingerprint density at radius 1 is 1.11 bits per heavy atom. The van der Waals surface area contributed by atoms with E-state index in [-0.39, 0.29) is 0 Å². The molecule has 0 N–H and O–H groups in total. The Kier molecular flexibility index (Phi) is 4.72. The van der Waals surface area contributed by atoms with Crippen LogP contribution in [0.15, 0.2) is 41.9 Å². The summed E-state index contributed by atoms with van der Waals surface area (Å²) in [5.41, 5.74) is 3.21. The average molecular weight is 393 g/mol. The van der Waals surface area contributed by atoms with Crippen LogP contribution in [0.25, 0.3) is 11.0 Å². The second kappa shape index (κ2) is 7.51. The fraction of sp³-hybridized carbons (Fsp3) is 0.409. The lowest BCUT2D eigenvalue weighted by Crippen LogP contribution is -2.39. The number of hydrogen-bond donors (Lipinski definition) is 0. The first-order valence-electron chi connectivity index (χ1n) is 10.1. The zero-order valence-electron chi connectivity index (χ0n) is 15.9. The summed E-state index contributed by atoms with van der Waals surface area (Å²) in [6, 6.07) is 10.2. The molecule has 0 radical (unpaired) electrons. The van der Waals surface area contributed by atoms with E-state index >= 15 is 0 Å². The van der Waals surface area contributed by atoms with Gasteiger partial charge in [0, 0.05) is 37.5 Å². The third kappa shape index (κ3) is 3.49. The van der Waals surface area contributed by atoms with Crippen LogP contribution in [-0.4, -0.2) is 40.4 Å². The second-order valence-electron chi connectivity index (χ2n) is 7.79. The van der Waals surface area contributed by atoms with E-state index in [0.717, 1.165) is 62.3 Å². The monoisotopic (exact) mass is 392 g/mol. The standard InChI is InChI=1S/C22H24N4OS/c27-22(26-11-7-20-17(15-26)8-12-28-20)13-16-5-9-25(10-6-16)21-14-23-18-3-1-2-4-19(18)24-21/h1-4,8,12,14,16H,5-7,9-11,13,15H2. The van der Waals surface area contributed by atoms with Crippen LogP contribution in [0.2, 0.25) is 0 Å².